The molecule has 2 aromatic rings. The molecule has 0 bridgehead atoms. The molecular formula is C28H36N2O9S. The number of nitrogens with one attached hydrogen (secondary N) is 1. The summed E-state index contributed by atoms with van der Waals surface area (Å²) in [5.74, 6) is 0.772. The van der Waals surface area contributed by atoms with Crippen LogP contribution in [-0.4, -0.2) is 81.6 Å². The Labute approximate surface area is 234 Å². The Morgan fingerprint density at radius 2 is 1.88 bits per heavy atom. The van der Waals surface area contributed by atoms with Gasteiger partial charge < -0.3 is 34.1 Å². The largest absolute Gasteiger partial charge is 0.454 e. The first-order chi connectivity index (χ1) is 19.2. The number of fused-ring (bicyclic) bond motifs is 2. The van der Waals surface area contributed by atoms with Crippen LogP contribution in [0.4, 0.5) is 4.79 Å². The van der Waals surface area contributed by atoms with Crippen molar-refractivity contribution in [3.8, 4) is 11.5 Å². The van der Waals surface area contributed by atoms with Gasteiger partial charge in [0.1, 0.15) is 6.10 Å². The molecule has 2 N–H and O–H groups in total. The third kappa shape index (κ3) is 6.52. The maximum Gasteiger partial charge on any atom is 0.407 e. The number of rotatable bonds is 11. The first kappa shape index (κ1) is 28.6. The van der Waals surface area contributed by atoms with Crippen LogP contribution in [0.15, 0.2) is 53.4 Å². The lowest BCUT2D eigenvalue weighted by Crippen LogP contribution is -2.51. The number of hydrogen-bond donors (Lipinski definition) is 2. The van der Waals surface area contributed by atoms with Crippen LogP contribution in [0.25, 0.3) is 0 Å². The highest BCUT2D eigenvalue weighted by molar-refractivity contribution is 7.89. The summed E-state index contributed by atoms with van der Waals surface area (Å²) in [5.41, 5.74) is 0.870. The van der Waals surface area contributed by atoms with E-state index in [9.17, 15) is 18.3 Å². The summed E-state index contributed by atoms with van der Waals surface area (Å²) in [7, 11) is -4.01. The molecular weight excluding hydrogens is 540 g/mol. The van der Waals surface area contributed by atoms with E-state index in [1.54, 1.807) is 6.07 Å². The van der Waals surface area contributed by atoms with Crippen molar-refractivity contribution in [1.82, 2.24) is 9.62 Å². The monoisotopic (exact) mass is 576 g/mol. The van der Waals surface area contributed by atoms with Crippen LogP contribution in [0.2, 0.25) is 0 Å². The molecule has 12 heteroatoms. The number of benzene rings is 2. The van der Waals surface area contributed by atoms with Gasteiger partial charge in [0.2, 0.25) is 16.8 Å². The summed E-state index contributed by atoms with van der Waals surface area (Å²) in [5, 5.41) is 14.2. The zero-order chi connectivity index (χ0) is 28.3. The number of alkyl carbamates (subject to hydrolysis) is 1. The molecule has 2 saturated heterocycles. The van der Waals surface area contributed by atoms with Crippen LogP contribution < -0.4 is 14.8 Å². The number of hydrogen-bond acceptors (Lipinski definition) is 9. The van der Waals surface area contributed by atoms with Gasteiger partial charge in [-0.15, -0.1) is 0 Å². The molecule has 3 heterocycles. The summed E-state index contributed by atoms with van der Waals surface area (Å²) < 4.78 is 56.1. The Morgan fingerprint density at radius 3 is 2.65 bits per heavy atom. The molecule has 1 amide bonds. The minimum Gasteiger partial charge on any atom is -0.454 e. The van der Waals surface area contributed by atoms with Crippen molar-refractivity contribution in [2.75, 3.05) is 33.1 Å². The van der Waals surface area contributed by atoms with Gasteiger partial charge in [0.15, 0.2) is 17.8 Å². The van der Waals surface area contributed by atoms with Crippen molar-refractivity contribution in [2.45, 2.75) is 56.1 Å². The van der Waals surface area contributed by atoms with Gasteiger partial charge in [-0.2, -0.15) is 4.31 Å². The second-order valence-electron chi connectivity index (χ2n) is 10.7. The molecule has 40 heavy (non-hydrogen) atoms. The van der Waals surface area contributed by atoms with Crippen LogP contribution in [0.3, 0.4) is 0 Å². The highest BCUT2D eigenvalue weighted by Gasteiger charge is 2.44. The smallest absolute Gasteiger partial charge is 0.407 e. The Hall–Kier alpha value is -2.90. The first-order valence-corrected chi connectivity index (χ1v) is 15.0. The maximum atomic E-state index is 13.7. The number of aliphatic hydroxyl groups excluding tert-OH is 1. The van der Waals surface area contributed by atoms with Crippen molar-refractivity contribution in [2.24, 2.45) is 11.8 Å². The third-order valence-corrected chi connectivity index (χ3v) is 9.08. The van der Waals surface area contributed by atoms with Gasteiger partial charge in [-0.3, -0.25) is 0 Å². The molecule has 3 aliphatic heterocycles. The minimum absolute atomic E-state index is 0.0228. The molecule has 218 valence electrons. The van der Waals surface area contributed by atoms with Gasteiger partial charge >= 0.3 is 6.09 Å². The van der Waals surface area contributed by atoms with Crippen molar-refractivity contribution in [1.29, 1.82) is 0 Å². The second-order valence-corrected chi connectivity index (χ2v) is 12.6. The van der Waals surface area contributed by atoms with E-state index in [0.29, 0.717) is 18.1 Å². The molecule has 0 aliphatic carbocycles. The lowest BCUT2D eigenvalue weighted by Gasteiger charge is -2.31. The first-order valence-electron chi connectivity index (χ1n) is 13.5. The fourth-order valence-electron chi connectivity index (χ4n) is 5.22. The Balaban J connectivity index is 1.33. The van der Waals surface area contributed by atoms with Crippen LogP contribution in [0.5, 0.6) is 11.5 Å². The van der Waals surface area contributed by atoms with E-state index in [1.165, 1.54) is 16.4 Å². The Kier molecular flexibility index (Phi) is 8.81. The molecule has 0 saturated carbocycles. The quantitative estimate of drug-likeness (QED) is 0.414. The van der Waals surface area contributed by atoms with E-state index < -0.39 is 34.4 Å². The average molecular weight is 577 g/mol. The molecule has 0 spiro atoms. The van der Waals surface area contributed by atoms with Gasteiger partial charge in [-0.1, -0.05) is 44.2 Å². The molecule has 0 unspecified atom stereocenters. The summed E-state index contributed by atoms with van der Waals surface area (Å²) in [6.07, 6.45) is -1.75. The summed E-state index contributed by atoms with van der Waals surface area (Å²) in [6.45, 7) is 4.54. The van der Waals surface area contributed by atoms with Gasteiger partial charge in [-0.05, 0) is 36.5 Å². The van der Waals surface area contributed by atoms with E-state index in [1.807, 2.05) is 44.2 Å². The molecule has 5 rings (SSSR count). The van der Waals surface area contributed by atoms with Gasteiger partial charge in [0.05, 0.1) is 36.2 Å². The number of aliphatic hydroxyl groups is 1. The average Bonchev–Trinajstić information content (AvgIpc) is 3.66. The lowest BCUT2D eigenvalue weighted by molar-refractivity contribution is -0.0907. The molecule has 0 radical (unpaired) electrons. The highest BCUT2D eigenvalue weighted by Crippen LogP contribution is 2.35. The van der Waals surface area contributed by atoms with Gasteiger partial charge in [-0.25, -0.2) is 13.2 Å². The molecule has 2 aromatic carbocycles. The number of carbonyl (C=O) groups excluding carboxylic acids is 1. The van der Waals surface area contributed by atoms with Crippen molar-refractivity contribution >= 4 is 16.1 Å². The van der Waals surface area contributed by atoms with E-state index in [2.05, 4.69) is 5.32 Å². The molecule has 0 aromatic heterocycles. The van der Waals surface area contributed by atoms with E-state index in [-0.39, 0.29) is 55.9 Å². The summed E-state index contributed by atoms with van der Waals surface area (Å²) >= 11 is 0. The second kappa shape index (κ2) is 12.3. The summed E-state index contributed by atoms with van der Waals surface area (Å²) in [6, 6.07) is 13.0. The van der Waals surface area contributed by atoms with Crippen LogP contribution >= 0.6 is 0 Å². The predicted molar refractivity (Wildman–Crippen MR) is 143 cm³/mol. The van der Waals surface area contributed by atoms with E-state index in [0.717, 1.165) is 12.0 Å². The van der Waals surface area contributed by atoms with E-state index >= 15 is 0 Å². The molecule has 11 nitrogen and oxygen atoms in total. The van der Waals surface area contributed by atoms with Crippen LogP contribution in [0, 0.1) is 11.8 Å². The van der Waals surface area contributed by atoms with Gasteiger partial charge in [0.25, 0.3) is 0 Å². The van der Waals surface area contributed by atoms with E-state index in [4.69, 9.17) is 23.7 Å². The molecule has 2 fully saturated rings. The van der Waals surface area contributed by atoms with Crippen molar-refractivity contribution in [3.63, 3.8) is 0 Å². The fourth-order valence-corrected chi connectivity index (χ4v) is 6.86. The predicted octanol–water partition coefficient (Wildman–Crippen LogP) is 2.52. The maximum absolute atomic E-state index is 13.7. The number of nitrogens with zero attached hydrogens (tertiary/aromatic N) is 1. The van der Waals surface area contributed by atoms with Crippen molar-refractivity contribution in [3.05, 3.63) is 54.1 Å². The lowest BCUT2D eigenvalue weighted by atomic mass is 10.0. The minimum atomic E-state index is -4.01. The number of ether oxygens (including phenoxy) is 5. The highest BCUT2D eigenvalue weighted by atomic mass is 32.2. The zero-order valence-corrected chi connectivity index (χ0v) is 23.4. The number of amides is 1. The Bertz CT molecular complexity index is 1270. The standard InChI is InChI=1S/C28H36N2O9S/c1-18(2)14-30(40(33,34)20-8-9-24-25(13-20)38-17-37-24)15-23(31)22(12-19-6-4-3-5-7-19)29-28(32)39-26-16-36-27-21(26)10-11-35-27/h3-9,13,18,21-23,26-27,31H,10-12,14-17H2,1-2H3,(H,29,32)/t21-,22+,23-,26+,27+/m1/s1. The summed E-state index contributed by atoms with van der Waals surface area (Å²) in [4.78, 5) is 13.0. The normalized spacial score (nSPS) is 23.3. The van der Waals surface area contributed by atoms with Gasteiger partial charge in [0, 0.05) is 19.2 Å². The fraction of sp³-hybridized carbons (Fsp3) is 0.536. The topological polar surface area (TPSA) is 133 Å². The third-order valence-electron chi connectivity index (χ3n) is 7.25. The van der Waals surface area contributed by atoms with Crippen LogP contribution in [0.1, 0.15) is 25.8 Å². The molecule has 5 atom stereocenters. The number of carbonyl (C=O) groups is 1. The van der Waals surface area contributed by atoms with Crippen molar-refractivity contribution < 1.29 is 42.0 Å². The van der Waals surface area contributed by atoms with Crippen LogP contribution in [-0.2, 0) is 30.7 Å². The SMILES string of the molecule is CC(C)CN(C[C@@H](O)[C@H](Cc1ccccc1)NC(=O)O[C@H]1CO[C@@H]2OCC[C@@H]21)S(=O)(=O)c1ccc2c(c1)OCO2. The zero-order valence-electron chi connectivity index (χ0n) is 22.6. The Morgan fingerprint density at radius 1 is 1.10 bits per heavy atom. The molecule has 3 aliphatic rings. The number of sulfonamides is 1.